The van der Waals surface area contributed by atoms with E-state index >= 15 is 0 Å². The van der Waals surface area contributed by atoms with Crippen LogP contribution in [0.5, 0.6) is 0 Å². The monoisotopic (exact) mass is 372 g/mol. The maximum atomic E-state index is 13.8. The van der Waals surface area contributed by atoms with Crippen LogP contribution in [0.15, 0.2) is 52.4 Å². The van der Waals surface area contributed by atoms with E-state index in [1.54, 1.807) is 28.8 Å². The number of nitrogens with zero attached hydrogens (tertiary/aromatic N) is 2. The lowest BCUT2D eigenvalue weighted by molar-refractivity contribution is 0.101. The molecule has 1 aliphatic carbocycles. The molecule has 2 aromatic carbocycles. The second kappa shape index (κ2) is 6.64. The Hall–Kier alpha value is -2.54. The van der Waals surface area contributed by atoms with Crippen molar-refractivity contribution in [1.29, 1.82) is 0 Å². The third kappa shape index (κ3) is 3.14. The van der Waals surface area contributed by atoms with Gasteiger partial charge in [-0.15, -0.1) is 0 Å². The number of halogens is 2. The van der Waals surface area contributed by atoms with Crippen LogP contribution in [0.1, 0.15) is 29.2 Å². The number of thioether (sulfide) groups is 1. The van der Waals surface area contributed by atoms with Gasteiger partial charge in [0, 0.05) is 6.04 Å². The second-order valence-electron chi connectivity index (χ2n) is 6.15. The third-order valence-corrected chi connectivity index (χ3v) is 5.20. The van der Waals surface area contributed by atoms with Crippen molar-refractivity contribution in [1.82, 2.24) is 9.55 Å². The van der Waals surface area contributed by atoms with Crippen LogP contribution in [0.2, 0.25) is 0 Å². The highest BCUT2D eigenvalue weighted by molar-refractivity contribution is 7.99. The zero-order valence-electron chi connectivity index (χ0n) is 13.6. The fraction of sp³-hybridized carbons (Fsp3) is 0.211. The van der Waals surface area contributed by atoms with Gasteiger partial charge in [-0.3, -0.25) is 14.2 Å². The molecular weight excluding hydrogens is 358 g/mol. The van der Waals surface area contributed by atoms with Crippen molar-refractivity contribution in [3.8, 4) is 0 Å². The number of carbonyl (C=O) groups is 1. The number of rotatable bonds is 5. The van der Waals surface area contributed by atoms with E-state index in [0.717, 1.165) is 42.8 Å². The SMILES string of the molecule is O=C(CSc1nc2ccccc2c(=O)n1C1CC1)c1cc(F)ccc1F. The third-order valence-electron chi connectivity index (χ3n) is 4.25. The van der Waals surface area contributed by atoms with Crippen molar-refractivity contribution in [3.63, 3.8) is 0 Å². The van der Waals surface area contributed by atoms with Gasteiger partial charge in [0.15, 0.2) is 10.9 Å². The summed E-state index contributed by atoms with van der Waals surface area (Å²) in [6.07, 6.45) is 1.78. The van der Waals surface area contributed by atoms with E-state index in [4.69, 9.17) is 0 Å². The standard InChI is InChI=1S/C19H14F2N2O2S/c20-11-5-8-15(21)14(9-11)17(24)10-26-19-22-16-4-2-1-3-13(16)18(25)23(19)12-6-7-12/h1-5,8-9,12H,6-7,10H2. The minimum absolute atomic E-state index is 0.0862. The van der Waals surface area contributed by atoms with Gasteiger partial charge >= 0.3 is 0 Å². The Morgan fingerprint density at radius 3 is 2.73 bits per heavy atom. The molecule has 4 nitrogen and oxygen atoms in total. The van der Waals surface area contributed by atoms with Crippen LogP contribution in [-0.2, 0) is 0 Å². The van der Waals surface area contributed by atoms with Gasteiger partial charge in [-0.05, 0) is 43.2 Å². The normalized spacial score (nSPS) is 13.9. The van der Waals surface area contributed by atoms with Crippen LogP contribution >= 0.6 is 11.8 Å². The van der Waals surface area contributed by atoms with Gasteiger partial charge in [0.1, 0.15) is 11.6 Å². The van der Waals surface area contributed by atoms with Crippen LogP contribution < -0.4 is 5.56 Å². The molecule has 1 aliphatic rings. The molecule has 0 spiro atoms. The summed E-state index contributed by atoms with van der Waals surface area (Å²) in [6.45, 7) is 0. The molecule has 1 heterocycles. The van der Waals surface area contributed by atoms with Crippen molar-refractivity contribution in [2.24, 2.45) is 0 Å². The number of hydrogen-bond donors (Lipinski definition) is 0. The molecule has 1 saturated carbocycles. The first-order valence-electron chi connectivity index (χ1n) is 8.17. The Morgan fingerprint density at radius 2 is 1.96 bits per heavy atom. The molecule has 26 heavy (non-hydrogen) atoms. The Balaban J connectivity index is 1.67. The van der Waals surface area contributed by atoms with Crippen molar-refractivity contribution < 1.29 is 13.6 Å². The number of hydrogen-bond acceptors (Lipinski definition) is 4. The molecule has 1 aromatic heterocycles. The zero-order valence-corrected chi connectivity index (χ0v) is 14.4. The van der Waals surface area contributed by atoms with E-state index in [9.17, 15) is 18.4 Å². The van der Waals surface area contributed by atoms with Gasteiger partial charge in [0.05, 0.1) is 22.2 Å². The lowest BCUT2D eigenvalue weighted by Gasteiger charge is -2.12. The van der Waals surface area contributed by atoms with Gasteiger partial charge < -0.3 is 0 Å². The molecule has 132 valence electrons. The fourth-order valence-corrected chi connectivity index (χ4v) is 3.75. The predicted octanol–water partition coefficient (Wildman–Crippen LogP) is 3.98. The first-order chi connectivity index (χ1) is 12.5. The highest BCUT2D eigenvalue weighted by Gasteiger charge is 2.29. The van der Waals surface area contributed by atoms with E-state index in [2.05, 4.69) is 4.98 Å². The average Bonchev–Trinajstić information content (AvgIpc) is 3.46. The highest BCUT2D eigenvalue weighted by Crippen LogP contribution is 2.37. The summed E-state index contributed by atoms with van der Waals surface area (Å²) < 4.78 is 28.7. The van der Waals surface area contributed by atoms with Crippen molar-refractivity contribution in [2.45, 2.75) is 24.0 Å². The maximum absolute atomic E-state index is 13.8. The lowest BCUT2D eigenvalue weighted by atomic mass is 10.1. The van der Waals surface area contributed by atoms with Gasteiger partial charge in [-0.25, -0.2) is 13.8 Å². The number of benzene rings is 2. The number of aromatic nitrogens is 2. The van der Waals surface area contributed by atoms with Crippen molar-refractivity contribution >= 4 is 28.4 Å². The number of ketones is 1. The minimum atomic E-state index is -0.761. The molecule has 0 aliphatic heterocycles. The number of carbonyl (C=O) groups excluding carboxylic acids is 1. The maximum Gasteiger partial charge on any atom is 0.262 e. The van der Waals surface area contributed by atoms with Crippen LogP contribution in [0, 0.1) is 11.6 Å². The molecule has 4 rings (SSSR count). The summed E-state index contributed by atoms with van der Waals surface area (Å²) in [5.41, 5.74) is 0.130. The molecule has 3 aromatic rings. The fourth-order valence-electron chi connectivity index (χ4n) is 2.80. The Labute approximate surface area is 151 Å². The van der Waals surface area contributed by atoms with Gasteiger partial charge in [-0.1, -0.05) is 23.9 Å². The largest absolute Gasteiger partial charge is 0.293 e. The lowest BCUT2D eigenvalue weighted by Crippen LogP contribution is -2.23. The highest BCUT2D eigenvalue weighted by atomic mass is 32.2. The molecule has 1 fully saturated rings. The molecule has 0 radical (unpaired) electrons. The average molecular weight is 372 g/mol. The zero-order chi connectivity index (χ0) is 18.3. The Bertz CT molecular complexity index is 1080. The molecule has 0 atom stereocenters. The van der Waals surface area contributed by atoms with E-state index in [0.29, 0.717) is 16.1 Å². The van der Waals surface area contributed by atoms with E-state index in [-0.39, 0.29) is 22.9 Å². The summed E-state index contributed by atoms with van der Waals surface area (Å²) in [7, 11) is 0. The topological polar surface area (TPSA) is 52.0 Å². The molecular formula is C19H14F2N2O2S. The van der Waals surface area contributed by atoms with E-state index < -0.39 is 17.4 Å². The van der Waals surface area contributed by atoms with E-state index in [1.807, 2.05) is 0 Å². The molecule has 0 saturated heterocycles. The summed E-state index contributed by atoms with van der Waals surface area (Å²) in [5, 5.41) is 0.965. The van der Waals surface area contributed by atoms with E-state index in [1.165, 1.54) is 0 Å². The summed E-state index contributed by atoms with van der Waals surface area (Å²) in [6, 6.07) is 9.92. The first kappa shape index (κ1) is 16.9. The van der Waals surface area contributed by atoms with Gasteiger partial charge in [0.25, 0.3) is 5.56 Å². The summed E-state index contributed by atoms with van der Waals surface area (Å²) in [5.74, 6) is -2.10. The quantitative estimate of drug-likeness (QED) is 0.386. The molecule has 0 N–H and O–H groups in total. The molecule has 0 amide bonds. The van der Waals surface area contributed by atoms with Crippen LogP contribution in [0.25, 0.3) is 10.9 Å². The summed E-state index contributed by atoms with van der Waals surface area (Å²) in [4.78, 5) is 29.6. The smallest absolute Gasteiger partial charge is 0.262 e. The van der Waals surface area contributed by atoms with Crippen LogP contribution in [0.4, 0.5) is 8.78 Å². The van der Waals surface area contributed by atoms with Crippen LogP contribution in [-0.4, -0.2) is 21.1 Å². The predicted molar refractivity (Wildman–Crippen MR) is 95.7 cm³/mol. The molecule has 0 bridgehead atoms. The number of para-hydroxylation sites is 1. The van der Waals surface area contributed by atoms with Gasteiger partial charge in [0.2, 0.25) is 0 Å². The van der Waals surface area contributed by atoms with Crippen LogP contribution in [0.3, 0.4) is 0 Å². The first-order valence-corrected chi connectivity index (χ1v) is 9.15. The van der Waals surface area contributed by atoms with Gasteiger partial charge in [-0.2, -0.15) is 0 Å². The Morgan fingerprint density at radius 1 is 1.19 bits per heavy atom. The minimum Gasteiger partial charge on any atom is -0.293 e. The summed E-state index contributed by atoms with van der Waals surface area (Å²) >= 11 is 1.08. The molecule has 0 unspecified atom stereocenters. The number of fused-ring (bicyclic) bond motifs is 1. The van der Waals surface area contributed by atoms with Crippen molar-refractivity contribution in [2.75, 3.05) is 5.75 Å². The van der Waals surface area contributed by atoms with Crippen molar-refractivity contribution in [3.05, 3.63) is 70.0 Å². The number of Topliss-reactive ketones (excluding diaryl/α,β-unsaturated/α-hetero) is 1. The Kier molecular flexibility index (Phi) is 4.32. The second-order valence-corrected chi connectivity index (χ2v) is 7.10. The molecule has 7 heteroatoms.